The number of carbonyl (C=O) groups is 1. The topological polar surface area (TPSA) is 47.6 Å². The standard InChI is InChI=1S/C20H24ClNO3/c1-3-24-17-10-7-15(8-11-17)6-5-13-22-20(23)16-9-12-19(25-4-2)18(21)14-16/h7-12,14H,3-6,13H2,1-2H3,(H,22,23). The van der Waals surface area contributed by atoms with Crippen LogP contribution in [0.15, 0.2) is 42.5 Å². The first-order valence-electron chi connectivity index (χ1n) is 8.56. The van der Waals surface area contributed by atoms with Crippen molar-refractivity contribution in [1.82, 2.24) is 5.32 Å². The Balaban J connectivity index is 1.77. The molecule has 0 bridgehead atoms. The van der Waals surface area contributed by atoms with Crippen LogP contribution in [0.5, 0.6) is 11.5 Å². The molecule has 0 spiro atoms. The molecule has 0 radical (unpaired) electrons. The van der Waals surface area contributed by atoms with Crippen LogP contribution in [-0.2, 0) is 6.42 Å². The zero-order chi connectivity index (χ0) is 18.1. The predicted octanol–water partition coefficient (Wildman–Crippen LogP) is 4.50. The Kier molecular flexibility index (Phi) is 7.61. The summed E-state index contributed by atoms with van der Waals surface area (Å²) in [5.74, 6) is 1.35. The lowest BCUT2D eigenvalue weighted by Gasteiger charge is -2.09. The summed E-state index contributed by atoms with van der Waals surface area (Å²) in [5, 5.41) is 3.36. The Morgan fingerprint density at radius 2 is 1.76 bits per heavy atom. The van der Waals surface area contributed by atoms with Crippen molar-refractivity contribution in [2.75, 3.05) is 19.8 Å². The molecule has 4 nitrogen and oxygen atoms in total. The maximum absolute atomic E-state index is 12.2. The molecule has 0 heterocycles. The fourth-order valence-corrected chi connectivity index (χ4v) is 2.67. The number of carbonyl (C=O) groups excluding carboxylic acids is 1. The quantitative estimate of drug-likeness (QED) is 0.669. The molecule has 134 valence electrons. The van der Waals surface area contributed by atoms with Crippen molar-refractivity contribution in [3.8, 4) is 11.5 Å². The molecule has 1 amide bonds. The van der Waals surface area contributed by atoms with Crippen molar-refractivity contribution in [2.45, 2.75) is 26.7 Å². The van der Waals surface area contributed by atoms with Gasteiger partial charge in [0.15, 0.2) is 0 Å². The van der Waals surface area contributed by atoms with Crippen LogP contribution >= 0.6 is 11.6 Å². The average molecular weight is 362 g/mol. The first-order chi connectivity index (χ1) is 12.1. The van der Waals surface area contributed by atoms with Gasteiger partial charge in [0, 0.05) is 12.1 Å². The van der Waals surface area contributed by atoms with Gasteiger partial charge in [-0.25, -0.2) is 0 Å². The Morgan fingerprint density at radius 1 is 1.04 bits per heavy atom. The molecule has 0 aliphatic carbocycles. The molecule has 0 aliphatic heterocycles. The second kappa shape index (κ2) is 9.94. The number of halogens is 1. The van der Waals surface area contributed by atoms with Gasteiger partial charge in [0.25, 0.3) is 5.91 Å². The molecular formula is C20H24ClNO3. The van der Waals surface area contributed by atoms with Gasteiger partial charge in [-0.05, 0) is 62.6 Å². The number of hydrogen-bond donors (Lipinski definition) is 1. The molecule has 2 rings (SSSR count). The zero-order valence-corrected chi connectivity index (χ0v) is 15.4. The normalized spacial score (nSPS) is 10.4. The molecule has 0 atom stereocenters. The number of benzene rings is 2. The molecular weight excluding hydrogens is 338 g/mol. The van der Waals surface area contributed by atoms with E-state index in [4.69, 9.17) is 21.1 Å². The molecule has 2 aromatic carbocycles. The highest BCUT2D eigenvalue weighted by molar-refractivity contribution is 6.32. The Morgan fingerprint density at radius 3 is 2.40 bits per heavy atom. The molecule has 0 aromatic heterocycles. The SMILES string of the molecule is CCOc1ccc(CCCNC(=O)c2ccc(OCC)c(Cl)c2)cc1. The largest absolute Gasteiger partial charge is 0.494 e. The van der Waals surface area contributed by atoms with Gasteiger partial charge >= 0.3 is 0 Å². The highest BCUT2D eigenvalue weighted by Crippen LogP contribution is 2.25. The third-order valence-corrected chi connectivity index (χ3v) is 3.95. The number of hydrogen-bond acceptors (Lipinski definition) is 3. The minimum absolute atomic E-state index is 0.128. The van der Waals surface area contributed by atoms with E-state index in [0.717, 1.165) is 18.6 Å². The highest BCUT2D eigenvalue weighted by atomic mass is 35.5. The summed E-state index contributed by atoms with van der Waals surface area (Å²) >= 11 is 6.11. The van der Waals surface area contributed by atoms with Crippen molar-refractivity contribution in [3.63, 3.8) is 0 Å². The molecule has 0 unspecified atom stereocenters. The van der Waals surface area contributed by atoms with Gasteiger partial charge in [0.05, 0.1) is 18.2 Å². The van der Waals surface area contributed by atoms with Crippen molar-refractivity contribution in [3.05, 3.63) is 58.6 Å². The zero-order valence-electron chi connectivity index (χ0n) is 14.7. The first-order valence-corrected chi connectivity index (χ1v) is 8.94. The van der Waals surface area contributed by atoms with E-state index in [9.17, 15) is 4.79 Å². The van der Waals surface area contributed by atoms with E-state index >= 15 is 0 Å². The summed E-state index contributed by atoms with van der Waals surface area (Å²) in [5.41, 5.74) is 1.76. The van der Waals surface area contributed by atoms with Gasteiger partial charge in [-0.15, -0.1) is 0 Å². The van der Waals surface area contributed by atoms with Crippen molar-refractivity contribution < 1.29 is 14.3 Å². The van der Waals surface area contributed by atoms with Crippen LogP contribution in [0.1, 0.15) is 36.2 Å². The van der Waals surface area contributed by atoms with Gasteiger partial charge in [-0.2, -0.15) is 0 Å². The molecule has 1 N–H and O–H groups in total. The lowest BCUT2D eigenvalue weighted by atomic mass is 10.1. The van der Waals surface area contributed by atoms with E-state index in [1.54, 1.807) is 18.2 Å². The Labute approximate surface area is 154 Å². The predicted molar refractivity (Wildman–Crippen MR) is 101 cm³/mol. The minimum atomic E-state index is -0.128. The van der Waals surface area contributed by atoms with Crippen molar-refractivity contribution in [1.29, 1.82) is 0 Å². The van der Waals surface area contributed by atoms with Crippen LogP contribution in [0.2, 0.25) is 5.02 Å². The van der Waals surface area contributed by atoms with Crippen LogP contribution in [0.25, 0.3) is 0 Å². The van der Waals surface area contributed by atoms with Gasteiger partial charge in [-0.3, -0.25) is 4.79 Å². The van der Waals surface area contributed by atoms with E-state index in [1.165, 1.54) is 5.56 Å². The van der Waals surface area contributed by atoms with Gasteiger partial charge < -0.3 is 14.8 Å². The Hall–Kier alpha value is -2.20. The third kappa shape index (κ3) is 5.98. The van der Waals surface area contributed by atoms with Crippen LogP contribution in [0, 0.1) is 0 Å². The molecule has 0 fully saturated rings. The number of amides is 1. The summed E-state index contributed by atoms with van der Waals surface area (Å²) in [4.78, 5) is 12.2. The van der Waals surface area contributed by atoms with Crippen LogP contribution in [-0.4, -0.2) is 25.7 Å². The fourth-order valence-electron chi connectivity index (χ4n) is 2.43. The summed E-state index contributed by atoms with van der Waals surface area (Å²) in [7, 11) is 0. The minimum Gasteiger partial charge on any atom is -0.494 e. The fraction of sp³-hybridized carbons (Fsp3) is 0.350. The summed E-state index contributed by atoms with van der Waals surface area (Å²) in [6.45, 7) is 5.67. The molecule has 0 aliphatic rings. The van der Waals surface area contributed by atoms with E-state index in [1.807, 2.05) is 26.0 Å². The number of ether oxygens (including phenoxy) is 2. The van der Waals surface area contributed by atoms with E-state index in [-0.39, 0.29) is 5.91 Å². The van der Waals surface area contributed by atoms with Crippen LogP contribution < -0.4 is 14.8 Å². The smallest absolute Gasteiger partial charge is 0.251 e. The monoisotopic (exact) mass is 361 g/mol. The van der Waals surface area contributed by atoms with E-state index < -0.39 is 0 Å². The second-order valence-corrected chi connectivity index (χ2v) is 5.92. The van der Waals surface area contributed by atoms with Gasteiger partial charge in [0.2, 0.25) is 0 Å². The van der Waals surface area contributed by atoms with E-state index in [2.05, 4.69) is 17.4 Å². The Bertz CT molecular complexity index is 686. The third-order valence-electron chi connectivity index (χ3n) is 3.66. The second-order valence-electron chi connectivity index (χ2n) is 5.51. The van der Waals surface area contributed by atoms with Crippen LogP contribution in [0.4, 0.5) is 0 Å². The molecule has 2 aromatic rings. The van der Waals surface area contributed by atoms with Gasteiger partial charge in [0.1, 0.15) is 11.5 Å². The lowest BCUT2D eigenvalue weighted by Crippen LogP contribution is -2.24. The number of nitrogens with one attached hydrogen (secondary N) is 1. The average Bonchev–Trinajstić information content (AvgIpc) is 2.62. The molecule has 5 heteroatoms. The first kappa shape index (κ1) is 19.1. The van der Waals surface area contributed by atoms with Gasteiger partial charge in [-0.1, -0.05) is 23.7 Å². The maximum Gasteiger partial charge on any atom is 0.251 e. The van der Waals surface area contributed by atoms with Crippen molar-refractivity contribution >= 4 is 17.5 Å². The molecule has 0 saturated carbocycles. The number of aryl methyl sites for hydroxylation is 1. The lowest BCUT2D eigenvalue weighted by molar-refractivity contribution is 0.0953. The summed E-state index contributed by atoms with van der Waals surface area (Å²) in [6.07, 6.45) is 1.77. The van der Waals surface area contributed by atoms with Crippen molar-refractivity contribution in [2.24, 2.45) is 0 Å². The maximum atomic E-state index is 12.2. The van der Waals surface area contributed by atoms with Crippen LogP contribution in [0.3, 0.4) is 0 Å². The van der Waals surface area contributed by atoms with E-state index in [0.29, 0.717) is 36.1 Å². The number of rotatable bonds is 9. The molecule has 0 saturated heterocycles. The molecule has 25 heavy (non-hydrogen) atoms. The summed E-state index contributed by atoms with van der Waals surface area (Å²) in [6, 6.07) is 13.1. The summed E-state index contributed by atoms with van der Waals surface area (Å²) < 4.78 is 10.8. The highest BCUT2D eigenvalue weighted by Gasteiger charge is 2.09.